The second-order valence-electron chi connectivity index (χ2n) is 0.469. The third kappa shape index (κ3) is 157. The Morgan fingerprint density at radius 3 is 1.11 bits per heavy atom. The smallest absolute Gasteiger partial charge is 0.790 e. The van der Waals surface area contributed by atoms with Crippen LogP contribution in [0.5, 0.6) is 0 Å². The monoisotopic (exact) mass is 176 g/mol. The third-order valence-electron chi connectivity index (χ3n) is 0. The predicted molar refractivity (Wildman–Crippen MR) is 19.9 cm³/mol. The van der Waals surface area contributed by atoms with Gasteiger partial charge in [0.15, 0.2) is 0 Å². The van der Waals surface area contributed by atoms with E-state index in [-0.39, 0.29) is 71.4 Å². The summed E-state index contributed by atoms with van der Waals surface area (Å²) in [5, 5.41) is 0. The van der Waals surface area contributed by atoms with Crippen LogP contribution in [-0.4, -0.2) is 4.89 Å². The fraction of sp³-hybridized carbons (Fsp3) is 0. The van der Waals surface area contributed by atoms with Crippen molar-refractivity contribution >= 4 is 7.82 Å². The molecule has 0 fully saturated rings. The Bertz CT molecular complexity index is 62.7. The fourth-order valence-corrected chi connectivity index (χ4v) is 0. The van der Waals surface area contributed by atoms with Crippen molar-refractivity contribution in [3.63, 3.8) is 0 Å². The van der Waals surface area contributed by atoms with Gasteiger partial charge in [0, 0.05) is 0 Å². The van der Waals surface area contributed by atoms with Crippen LogP contribution in [0.25, 0.3) is 0 Å². The summed E-state index contributed by atoms with van der Waals surface area (Å²) >= 11 is 0. The molecule has 0 aliphatic heterocycles. The first kappa shape index (κ1) is 30.5. The Labute approximate surface area is 97.4 Å². The van der Waals surface area contributed by atoms with Gasteiger partial charge in [-0.2, -0.15) is 0 Å². The van der Waals surface area contributed by atoms with Gasteiger partial charge in [-0.05, 0) is 0 Å². The van der Waals surface area contributed by atoms with E-state index in [1.54, 1.807) is 0 Å². The van der Waals surface area contributed by atoms with Gasteiger partial charge in [-0.15, -0.1) is 0 Å². The van der Waals surface area contributed by atoms with Gasteiger partial charge in [-0.3, -0.25) is 0 Å². The van der Waals surface area contributed by atoms with Crippen LogP contribution in [0.15, 0.2) is 0 Å². The number of rotatable bonds is 0. The van der Waals surface area contributed by atoms with Gasteiger partial charge in [0.1, 0.15) is 0 Å². The van der Waals surface area contributed by atoms with E-state index in [4.69, 9.17) is 19.2 Å². The van der Waals surface area contributed by atoms with Crippen LogP contribution < -0.4 is 81.2 Å². The largest absolute Gasteiger partial charge is 1.00 e. The van der Waals surface area contributed by atoms with E-state index in [2.05, 4.69) is 0 Å². The van der Waals surface area contributed by atoms with Crippen LogP contribution >= 0.6 is 7.82 Å². The summed E-state index contributed by atoms with van der Waals surface area (Å²) in [5.74, 6) is 0. The first-order valence-electron chi connectivity index (χ1n) is 0.748. The molecule has 48 valence electrons. The van der Waals surface area contributed by atoms with E-state index < -0.39 is 7.82 Å². The van der Waals surface area contributed by atoms with Gasteiger partial charge < -0.3 is 31.5 Å². The van der Waals surface area contributed by atoms with E-state index in [9.17, 15) is 0 Å². The molecule has 0 saturated carbocycles. The molecular formula is H7N2Na2O4P. The van der Waals surface area contributed by atoms with Gasteiger partial charge in [0.25, 0.3) is 0 Å². The number of hydrogen-bond donors (Lipinski definition) is 3. The zero-order valence-corrected chi connectivity index (χ0v) is 10.4. The predicted octanol–water partition coefficient (Wildman–Crippen LogP) is -7.86. The molecule has 0 heterocycles. The zero-order chi connectivity index (χ0) is 4.50. The van der Waals surface area contributed by atoms with Crippen LogP contribution in [0, 0.1) is 0 Å². The average molecular weight is 176 g/mol. The summed E-state index contributed by atoms with van der Waals surface area (Å²) in [6.45, 7) is 0. The van der Waals surface area contributed by atoms with Gasteiger partial charge in [-0.1, -0.05) is 0 Å². The molecule has 7 N–H and O–H groups in total. The summed E-state index contributed by atoms with van der Waals surface area (Å²) in [7, 11) is -5.14. The minimum atomic E-state index is -5.14. The molecule has 9 heavy (non-hydrogen) atoms. The Kier molecular flexibility index (Phi) is 43.0. The van der Waals surface area contributed by atoms with Crippen molar-refractivity contribution in [2.45, 2.75) is 0 Å². The maximum absolute atomic E-state index is 8.66. The van der Waals surface area contributed by atoms with Gasteiger partial charge in [0.05, 0.1) is 7.82 Å². The van der Waals surface area contributed by atoms with Gasteiger partial charge in [0.2, 0.25) is 0 Å². The molecule has 6 nitrogen and oxygen atoms in total. The van der Waals surface area contributed by atoms with Crippen molar-refractivity contribution in [3.05, 3.63) is 0 Å². The van der Waals surface area contributed by atoms with Gasteiger partial charge in [-0.25, -0.2) is 0 Å². The Morgan fingerprint density at radius 1 is 1.11 bits per heavy atom. The van der Waals surface area contributed by atoms with Gasteiger partial charge >= 0.3 is 59.1 Å². The summed E-state index contributed by atoms with van der Waals surface area (Å²) in [6.07, 6.45) is 0. The Morgan fingerprint density at radius 2 is 1.11 bits per heavy atom. The SMILES string of the molecule is N.N.O=P([O-])([O-])O.[Na+].[Na+]. The van der Waals surface area contributed by atoms with Crippen molar-refractivity contribution in [3.8, 4) is 0 Å². The van der Waals surface area contributed by atoms with Crippen LogP contribution in [0.1, 0.15) is 0 Å². The minimum absolute atomic E-state index is 0. The van der Waals surface area contributed by atoms with Crippen molar-refractivity contribution in [2.24, 2.45) is 0 Å². The van der Waals surface area contributed by atoms with Crippen molar-refractivity contribution in [1.29, 1.82) is 0 Å². The third-order valence-corrected chi connectivity index (χ3v) is 0. The maximum Gasteiger partial charge on any atom is 1.00 e. The molecule has 0 unspecified atom stereocenters. The minimum Gasteiger partial charge on any atom is -0.790 e. The standard InChI is InChI=1S/2H3N.2Na.H3O4P/c;;;;1-5(2,3)4/h2*1H3;;;(H3,1,2,3,4)/q;;2*+1;/p-2. The first-order valence-corrected chi connectivity index (χ1v) is 2.24. The molecule has 0 spiro atoms. The Balaban J connectivity index is -0.0000000133. The molecule has 0 atom stereocenters. The van der Waals surface area contributed by atoms with E-state index in [1.807, 2.05) is 0 Å². The second kappa shape index (κ2) is 12.7. The maximum atomic E-state index is 8.66. The first-order chi connectivity index (χ1) is 2.00. The molecule has 0 aliphatic rings. The second-order valence-corrected chi connectivity index (χ2v) is 1.41. The zero-order valence-electron chi connectivity index (χ0n) is 5.53. The van der Waals surface area contributed by atoms with E-state index in [1.165, 1.54) is 0 Å². The average Bonchev–Trinajstić information content (AvgIpc) is 0.722. The molecule has 0 aromatic carbocycles. The van der Waals surface area contributed by atoms with Crippen LogP contribution in [0.3, 0.4) is 0 Å². The quantitative estimate of drug-likeness (QED) is 0.246. The summed E-state index contributed by atoms with van der Waals surface area (Å²) < 4.78 is 8.66. The van der Waals surface area contributed by atoms with Crippen molar-refractivity contribution in [1.82, 2.24) is 12.3 Å². The summed E-state index contributed by atoms with van der Waals surface area (Å²) in [4.78, 5) is 24.3. The molecule has 0 amide bonds. The normalized spacial score (nSPS) is 6.56. The molecule has 0 bridgehead atoms. The number of hydrogen-bond acceptors (Lipinski definition) is 5. The van der Waals surface area contributed by atoms with E-state index in [0.717, 1.165) is 0 Å². The number of phosphoric acid groups is 1. The summed E-state index contributed by atoms with van der Waals surface area (Å²) in [5.41, 5.74) is 0. The topological polar surface area (TPSA) is 153 Å². The molecule has 0 aromatic heterocycles. The van der Waals surface area contributed by atoms with Crippen molar-refractivity contribution in [2.75, 3.05) is 0 Å². The Hall–Kier alpha value is 2.03. The molecule has 9 heteroatoms. The summed E-state index contributed by atoms with van der Waals surface area (Å²) in [6, 6.07) is 0. The molecule has 0 rings (SSSR count). The van der Waals surface area contributed by atoms with Crippen LogP contribution in [0.4, 0.5) is 0 Å². The molecular weight excluding hydrogens is 169 g/mol. The molecule has 0 aromatic rings. The van der Waals surface area contributed by atoms with E-state index >= 15 is 0 Å². The van der Waals surface area contributed by atoms with Crippen LogP contribution in [-0.2, 0) is 4.57 Å². The van der Waals surface area contributed by atoms with E-state index in [0.29, 0.717) is 0 Å². The van der Waals surface area contributed by atoms with Crippen LogP contribution in [0.2, 0.25) is 0 Å². The molecule has 0 saturated heterocycles. The fourth-order valence-electron chi connectivity index (χ4n) is 0. The molecule has 0 aliphatic carbocycles. The van der Waals surface area contributed by atoms with Crippen molar-refractivity contribution < 1.29 is 78.4 Å². The molecule has 0 radical (unpaired) electrons.